The molecule has 0 radical (unpaired) electrons. The number of aromatic nitrogens is 4. The van der Waals surface area contributed by atoms with Gasteiger partial charge in [-0.15, -0.1) is 0 Å². The van der Waals surface area contributed by atoms with E-state index in [9.17, 15) is 0 Å². The van der Waals surface area contributed by atoms with Gasteiger partial charge in [0.05, 0.1) is 35.7 Å². The summed E-state index contributed by atoms with van der Waals surface area (Å²) >= 11 is 10.0. The summed E-state index contributed by atoms with van der Waals surface area (Å²) in [7, 11) is 0. The highest BCUT2D eigenvalue weighted by atomic mass is 79.9. The molecule has 1 aromatic carbocycles. The molecule has 0 saturated carbocycles. The molecule has 24 heavy (non-hydrogen) atoms. The molecule has 5 nitrogen and oxygen atoms in total. The summed E-state index contributed by atoms with van der Waals surface area (Å²) in [5.74, 6) is -0.458. The summed E-state index contributed by atoms with van der Waals surface area (Å²) in [6, 6.07) is 1.82. The molecule has 122 valence electrons. The Labute approximate surface area is 150 Å². The van der Waals surface area contributed by atoms with Crippen LogP contribution in [0, 0.1) is 5.82 Å². The Morgan fingerprint density at radius 2 is 2.21 bits per heavy atom. The Morgan fingerprint density at radius 3 is 2.92 bits per heavy atom. The first-order valence-corrected chi connectivity index (χ1v) is 8.39. The first-order valence-electron chi connectivity index (χ1n) is 7.22. The third-order valence-electron chi connectivity index (χ3n) is 3.88. The van der Waals surface area contributed by atoms with Crippen LogP contribution in [0.15, 0.2) is 47.6 Å². The van der Waals surface area contributed by atoms with Gasteiger partial charge in [0.25, 0.3) is 0 Å². The molecule has 0 bridgehead atoms. The number of aromatic amines is 2. The van der Waals surface area contributed by atoms with Gasteiger partial charge >= 0.3 is 0 Å². The van der Waals surface area contributed by atoms with Gasteiger partial charge in [-0.1, -0.05) is 33.6 Å². The van der Waals surface area contributed by atoms with Crippen molar-refractivity contribution in [2.75, 3.05) is 5.32 Å². The van der Waals surface area contributed by atoms with Gasteiger partial charge in [-0.05, 0) is 18.2 Å². The maximum Gasteiger partial charge on any atom is 0.174 e. The van der Waals surface area contributed by atoms with E-state index in [4.69, 9.17) is 11.6 Å². The number of benzene rings is 1. The van der Waals surface area contributed by atoms with Crippen molar-refractivity contribution in [2.24, 2.45) is 0 Å². The van der Waals surface area contributed by atoms with Crippen LogP contribution >= 0.6 is 27.5 Å². The molecule has 1 unspecified atom stereocenters. The van der Waals surface area contributed by atoms with Gasteiger partial charge in [0, 0.05) is 16.5 Å². The number of imidazole rings is 2. The largest absolute Gasteiger partial charge is 0.360 e. The Hall–Kier alpha value is -2.12. The number of anilines is 1. The molecule has 4 rings (SSSR count). The smallest absolute Gasteiger partial charge is 0.174 e. The van der Waals surface area contributed by atoms with Gasteiger partial charge in [0.1, 0.15) is 10.5 Å². The maximum atomic E-state index is 15.1. The lowest BCUT2D eigenvalue weighted by atomic mass is 10.0. The van der Waals surface area contributed by atoms with Crippen LogP contribution in [0.2, 0.25) is 0 Å². The van der Waals surface area contributed by atoms with Crippen LogP contribution in [0.3, 0.4) is 0 Å². The first kappa shape index (κ1) is 15.4. The zero-order valence-electron chi connectivity index (χ0n) is 12.3. The van der Waals surface area contributed by atoms with Crippen LogP contribution in [0.25, 0.3) is 22.3 Å². The molecule has 0 fully saturated rings. The summed E-state index contributed by atoms with van der Waals surface area (Å²) in [4.78, 5) is 13.1. The summed E-state index contributed by atoms with van der Waals surface area (Å²) < 4.78 is 16.0. The van der Waals surface area contributed by atoms with E-state index in [2.05, 4.69) is 41.2 Å². The van der Waals surface area contributed by atoms with E-state index < -0.39 is 10.8 Å². The molecule has 8 heteroatoms. The van der Waals surface area contributed by atoms with E-state index in [1.807, 2.05) is 18.2 Å². The quantitative estimate of drug-likeness (QED) is 0.435. The van der Waals surface area contributed by atoms with E-state index in [-0.39, 0.29) is 11.2 Å². The average molecular weight is 409 g/mol. The average Bonchev–Trinajstić information content (AvgIpc) is 3.24. The van der Waals surface area contributed by atoms with Crippen molar-refractivity contribution in [2.45, 2.75) is 11.4 Å². The Bertz CT molecular complexity index is 962. The number of alkyl halides is 1. The fraction of sp³-hybridized carbons (Fsp3) is 0.125. The number of rotatable bonds is 3. The predicted molar refractivity (Wildman–Crippen MR) is 96.6 cm³/mol. The zero-order chi connectivity index (χ0) is 16.7. The Kier molecular flexibility index (Phi) is 3.69. The van der Waals surface area contributed by atoms with Crippen molar-refractivity contribution >= 4 is 44.3 Å². The normalized spacial score (nSPS) is 20.4. The van der Waals surface area contributed by atoms with E-state index in [0.717, 1.165) is 4.48 Å². The van der Waals surface area contributed by atoms with Crippen molar-refractivity contribution in [3.05, 3.63) is 53.4 Å². The van der Waals surface area contributed by atoms with Crippen LogP contribution in [0.1, 0.15) is 6.42 Å². The van der Waals surface area contributed by atoms with Crippen molar-refractivity contribution in [1.29, 1.82) is 0 Å². The number of hydrogen-bond donors (Lipinski definition) is 3. The second-order valence-corrected chi connectivity index (χ2v) is 7.08. The lowest BCUT2D eigenvalue weighted by molar-refractivity contribution is 0.635. The number of halogens is 3. The Morgan fingerprint density at radius 1 is 1.33 bits per heavy atom. The number of fused-ring (bicyclic) bond motifs is 1. The molecular weight excluding hydrogens is 397 g/mol. The molecule has 3 aromatic rings. The Balaban J connectivity index is 1.86. The minimum atomic E-state index is -0.920. The standard InChI is InChI=1S/C16H12BrClFN5/c17-9-1-3-16(18,4-2-9)24-14-10(12-6-20-7-21-12)5-11-15(13(14)19)23-8-22-11/h1-3,5-8,24H,4H2,(H,20,21)(H,22,23). The molecule has 2 heterocycles. The highest BCUT2D eigenvalue weighted by Gasteiger charge is 2.29. The summed E-state index contributed by atoms with van der Waals surface area (Å²) in [6.07, 6.45) is 10.7. The molecule has 2 aromatic heterocycles. The lowest BCUT2D eigenvalue weighted by Gasteiger charge is -2.28. The number of nitrogens with one attached hydrogen (secondary N) is 3. The molecular formula is C16H12BrClFN5. The summed E-state index contributed by atoms with van der Waals surface area (Å²) in [5.41, 5.74) is 2.46. The maximum absolute atomic E-state index is 15.1. The zero-order valence-corrected chi connectivity index (χ0v) is 14.6. The third-order valence-corrected chi connectivity index (χ3v) is 4.84. The fourth-order valence-electron chi connectivity index (χ4n) is 2.67. The number of hydrogen-bond acceptors (Lipinski definition) is 3. The first-order chi connectivity index (χ1) is 11.6. The predicted octanol–water partition coefficient (Wildman–Crippen LogP) is 4.68. The fourth-order valence-corrected chi connectivity index (χ4v) is 3.20. The highest BCUT2D eigenvalue weighted by Crippen LogP contribution is 2.38. The van der Waals surface area contributed by atoms with Gasteiger partial charge in [-0.3, -0.25) is 0 Å². The lowest BCUT2D eigenvalue weighted by Crippen LogP contribution is -2.30. The van der Waals surface area contributed by atoms with E-state index in [0.29, 0.717) is 23.2 Å². The molecule has 1 aliphatic carbocycles. The van der Waals surface area contributed by atoms with Gasteiger partial charge in [-0.2, -0.15) is 0 Å². The van der Waals surface area contributed by atoms with Crippen molar-refractivity contribution in [3.63, 3.8) is 0 Å². The topological polar surface area (TPSA) is 69.4 Å². The molecule has 0 amide bonds. The van der Waals surface area contributed by atoms with Crippen LogP contribution in [-0.2, 0) is 0 Å². The second-order valence-electron chi connectivity index (χ2n) is 5.49. The molecule has 0 aliphatic heterocycles. The SMILES string of the molecule is Fc1c(NC2(Cl)C=CC(Br)=CC2)c(-c2cnc[nH]2)cc2[nH]cnc12. The van der Waals surface area contributed by atoms with Gasteiger partial charge in [0.15, 0.2) is 5.82 Å². The van der Waals surface area contributed by atoms with Crippen LogP contribution in [0.4, 0.5) is 10.1 Å². The molecule has 3 N–H and O–H groups in total. The second kappa shape index (κ2) is 5.75. The van der Waals surface area contributed by atoms with Gasteiger partial charge in [0.2, 0.25) is 0 Å². The van der Waals surface area contributed by atoms with Crippen LogP contribution < -0.4 is 5.32 Å². The minimum absolute atomic E-state index is 0.262. The summed E-state index contributed by atoms with van der Waals surface area (Å²) in [5, 5.41) is 3.12. The van der Waals surface area contributed by atoms with E-state index in [1.54, 1.807) is 18.6 Å². The van der Waals surface area contributed by atoms with Crippen LogP contribution in [-0.4, -0.2) is 24.9 Å². The monoisotopic (exact) mass is 407 g/mol. The highest BCUT2D eigenvalue weighted by molar-refractivity contribution is 9.11. The number of allylic oxidation sites excluding steroid dienone is 2. The third kappa shape index (κ3) is 2.63. The minimum Gasteiger partial charge on any atom is -0.360 e. The number of nitrogens with zero attached hydrogens (tertiary/aromatic N) is 2. The van der Waals surface area contributed by atoms with Crippen molar-refractivity contribution < 1.29 is 4.39 Å². The molecule has 0 spiro atoms. The molecule has 0 saturated heterocycles. The van der Waals surface area contributed by atoms with Crippen LogP contribution in [0.5, 0.6) is 0 Å². The number of H-pyrrole nitrogens is 2. The summed E-state index contributed by atoms with van der Waals surface area (Å²) in [6.45, 7) is 0. The van der Waals surface area contributed by atoms with Crippen molar-refractivity contribution in [1.82, 2.24) is 19.9 Å². The van der Waals surface area contributed by atoms with E-state index >= 15 is 4.39 Å². The molecule has 1 aliphatic rings. The molecule has 1 atom stereocenters. The van der Waals surface area contributed by atoms with Gasteiger partial charge < -0.3 is 15.3 Å². The van der Waals surface area contributed by atoms with Crippen molar-refractivity contribution in [3.8, 4) is 11.3 Å². The van der Waals surface area contributed by atoms with E-state index in [1.165, 1.54) is 6.33 Å². The van der Waals surface area contributed by atoms with Gasteiger partial charge in [-0.25, -0.2) is 14.4 Å².